The van der Waals surface area contributed by atoms with Crippen molar-refractivity contribution in [3.8, 4) is 0 Å². The van der Waals surface area contributed by atoms with Crippen LogP contribution in [0.4, 0.5) is 18.9 Å². The normalized spacial score (nSPS) is 29.2. The highest BCUT2D eigenvalue weighted by Crippen LogP contribution is 2.52. The predicted molar refractivity (Wildman–Crippen MR) is 83.0 cm³/mol. The second kappa shape index (κ2) is 4.65. The van der Waals surface area contributed by atoms with Crippen LogP contribution in [-0.2, 0) is 11.6 Å². The van der Waals surface area contributed by atoms with Gasteiger partial charge in [-0.15, -0.1) is 0 Å². The minimum atomic E-state index is -4.28. The Morgan fingerprint density at radius 2 is 1.82 bits per heavy atom. The number of anilines is 1. The van der Waals surface area contributed by atoms with Crippen LogP contribution in [0.2, 0.25) is 0 Å². The standard InChI is InChI=1S/C18H24F3N/c1-16(2)8-7-12-15(10-16)22-14-6-5-11(18(19,20)21)9-13(14)17(12,3)4/h5-6,9,12,15,22H,7-8,10H2,1-4H3/t12-,15-/m1/s1. The van der Waals surface area contributed by atoms with Gasteiger partial charge in [0, 0.05) is 11.7 Å². The first-order valence-corrected chi connectivity index (χ1v) is 7.99. The maximum absolute atomic E-state index is 13.0. The third kappa shape index (κ3) is 2.50. The summed E-state index contributed by atoms with van der Waals surface area (Å²) in [6, 6.07) is 4.50. The van der Waals surface area contributed by atoms with E-state index < -0.39 is 11.7 Å². The van der Waals surface area contributed by atoms with Gasteiger partial charge in [-0.3, -0.25) is 0 Å². The molecule has 4 heteroatoms. The summed E-state index contributed by atoms with van der Waals surface area (Å²) in [5.74, 6) is 0.386. The molecule has 1 nitrogen and oxygen atoms in total. The molecular weight excluding hydrogens is 287 g/mol. The lowest BCUT2D eigenvalue weighted by Crippen LogP contribution is -2.50. The molecule has 0 saturated heterocycles. The summed E-state index contributed by atoms with van der Waals surface area (Å²) in [4.78, 5) is 0. The molecule has 1 aliphatic heterocycles. The van der Waals surface area contributed by atoms with Crippen LogP contribution in [0.3, 0.4) is 0 Å². The fourth-order valence-electron chi connectivity index (χ4n) is 4.38. The summed E-state index contributed by atoms with van der Waals surface area (Å²) in [5, 5.41) is 3.52. The van der Waals surface area contributed by atoms with E-state index in [1.807, 2.05) is 0 Å². The summed E-state index contributed by atoms with van der Waals surface area (Å²) < 4.78 is 39.1. The third-order valence-corrected chi connectivity index (χ3v) is 5.70. The van der Waals surface area contributed by atoms with Gasteiger partial charge in [0.15, 0.2) is 0 Å². The van der Waals surface area contributed by atoms with E-state index in [2.05, 4.69) is 33.0 Å². The molecule has 2 atom stereocenters. The molecule has 0 bridgehead atoms. The lowest BCUT2D eigenvalue weighted by atomic mass is 9.58. The summed E-state index contributed by atoms with van der Waals surface area (Å²) in [7, 11) is 0. The van der Waals surface area contributed by atoms with Crippen LogP contribution in [0.25, 0.3) is 0 Å². The number of rotatable bonds is 0. The van der Waals surface area contributed by atoms with E-state index in [0.717, 1.165) is 30.5 Å². The zero-order valence-corrected chi connectivity index (χ0v) is 13.6. The predicted octanol–water partition coefficient (Wildman–Crippen LogP) is 5.60. The molecule has 0 amide bonds. The second-order valence-electron chi connectivity index (χ2n) is 8.24. The zero-order valence-electron chi connectivity index (χ0n) is 13.6. The molecule has 1 N–H and O–H groups in total. The average molecular weight is 311 g/mol. The monoisotopic (exact) mass is 311 g/mol. The van der Waals surface area contributed by atoms with E-state index in [1.165, 1.54) is 12.1 Å². The van der Waals surface area contributed by atoms with E-state index >= 15 is 0 Å². The van der Waals surface area contributed by atoms with Gasteiger partial charge in [0.05, 0.1) is 5.56 Å². The summed E-state index contributed by atoms with van der Waals surface area (Å²) >= 11 is 0. The van der Waals surface area contributed by atoms with E-state index in [1.54, 1.807) is 6.07 Å². The molecule has 1 saturated carbocycles. The van der Waals surface area contributed by atoms with Crippen LogP contribution < -0.4 is 5.32 Å². The Labute approximate surface area is 130 Å². The quantitative estimate of drug-likeness (QED) is 0.657. The molecule has 1 aromatic carbocycles. The lowest BCUT2D eigenvalue weighted by molar-refractivity contribution is -0.137. The van der Waals surface area contributed by atoms with Gasteiger partial charge in [0.2, 0.25) is 0 Å². The number of halogens is 3. The first kappa shape index (κ1) is 15.7. The van der Waals surface area contributed by atoms with Gasteiger partial charge >= 0.3 is 6.18 Å². The molecule has 0 spiro atoms. The molecule has 1 aliphatic carbocycles. The van der Waals surface area contributed by atoms with Crippen LogP contribution in [-0.4, -0.2) is 6.04 Å². The van der Waals surface area contributed by atoms with Gasteiger partial charge in [-0.2, -0.15) is 13.2 Å². The largest absolute Gasteiger partial charge is 0.416 e. The van der Waals surface area contributed by atoms with E-state index in [-0.39, 0.29) is 5.41 Å². The molecule has 0 radical (unpaired) electrons. The summed E-state index contributed by atoms with van der Waals surface area (Å²) in [6.07, 6.45) is -1.01. The van der Waals surface area contributed by atoms with Crippen molar-refractivity contribution in [1.82, 2.24) is 0 Å². The van der Waals surface area contributed by atoms with Crippen LogP contribution in [0.5, 0.6) is 0 Å². The number of hydrogen-bond acceptors (Lipinski definition) is 1. The van der Waals surface area contributed by atoms with Crippen molar-refractivity contribution >= 4 is 5.69 Å². The van der Waals surface area contributed by atoms with Crippen LogP contribution in [0.1, 0.15) is 58.1 Å². The smallest absolute Gasteiger partial charge is 0.382 e. The highest BCUT2D eigenvalue weighted by atomic mass is 19.4. The van der Waals surface area contributed by atoms with Crippen LogP contribution in [0.15, 0.2) is 18.2 Å². The maximum atomic E-state index is 13.0. The Hall–Kier alpha value is -1.19. The SMILES string of the molecule is CC1(C)CC[C@@H]2[C@@H](C1)Nc1ccc(C(F)(F)F)cc1C2(C)C. The van der Waals surface area contributed by atoms with Gasteiger partial charge in [0.25, 0.3) is 0 Å². The first-order chi connectivity index (χ1) is 10.0. The fourth-order valence-corrected chi connectivity index (χ4v) is 4.38. The van der Waals surface area contributed by atoms with Gasteiger partial charge in [0.1, 0.15) is 0 Å². The van der Waals surface area contributed by atoms with Crippen LogP contribution in [0, 0.1) is 11.3 Å². The molecule has 1 heterocycles. The maximum Gasteiger partial charge on any atom is 0.416 e. The average Bonchev–Trinajstić information content (AvgIpc) is 2.35. The molecule has 3 rings (SSSR count). The molecule has 1 aromatic rings. The molecule has 2 aliphatic rings. The lowest BCUT2D eigenvalue weighted by Gasteiger charge is -2.52. The van der Waals surface area contributed by atoms with Gasteiger partial charge < -0.3 is 5.32 Å². The number of fused-ring (bicyclic) bond motifs is 2. The highest BCUT2D eigenvalue weighted by molar-refractivity contribution is 5.60. The Bertz CT molecular complexity index is 586. The number of alkyl halides is 3. The van der Waals surface area contributed by atoms with Crippen molar-refractivity contribution in [3.05, 3.63) is 29.3 Å². The Kier molecular flexibility index (Phi) is 3.32. The Morgan fingerprint density at radius 3 is 2.45 bits per heavy atom. The topological polar surface area (TPSA) is 12.0 Å². The highest BCUT2D eigenvalue weighted by Gasteiger charge is 2.47. The van der Waals surface area contributed by atoms with Gasteiger partial charge in [-0.1, -0.05) is 27.7 Å². The van der Waals surface area contributed by atoms with Gasteiger partial charge in [-0.25, -0.2) is 0 Å². The number of nitrogens with one attached hydrogen (secondary N) is 1. The van der Waals surface area contributed by atoms with E-state index in [4.69, 9.17) is 0 Å². The van der Waals surface area contributed by atoms with Crippen molar-refractivity contribution in [3.63, 3.8) is 0 Å². The van der Waals surface area contributed by atoms with Crippen molar-refractivity contribution in [2.24, 2.45) is 11.3 Å². The molecule has 1 fully saturated rings. The molecule has 0 aromatic heterocycles. The van der Waals surface area contributed by atoms with Crippen molar-refractivity contribution in [2.75, 3.05) is 5.32 Å². The van der Waals surface area contributed by atoms with Crippen molar-refractivity contribution in [2.45, 2.75) is 64.6 Å². The molecular formula is C18H24F3N. The minimum absolute atomic E-state index is 0.233. The fraction of sp³-hybridized carbons (Fsp3) is 0.667. The van der Waals surface area contributed by atoms with E-state index in [0.29, 0.717) is 17.4 Å². The van der Waals surface area contributed by atoms with Crippen molar-refractivity contribution < 1.29 is 13.2 Å². The van der Waals surface area contributed by atoms with Gasteiger partial charge in [-0.05, 0) is 59.8 Å². The summed E-state index contributed by atoms with van der Waals surface area (Å²) in [6.45, 7) is 8.76. The van der Waals surface area contributed by atoms with Crippen LogP contribution >= 0.6 is 0 Å². The zero-order chi connectivity index (χ0) is 16.3. The number of hydrogen-bond donors (Lipinski definition) is 1. The second-order valence-corrected chi connectivity index (χ2v) is 8.24. The summed E-state index contributed by atoms with van der Waals surface area (Å²) in [5.41, 5.74) is 1.20. The molecule has 22 heavy (non-hydrogen) atoms. The minimum Gasteiger partial charge on any atom is -0.382 e. The van der Waals surface area contributed by atoms with E-state index in [9.17, 15) is 13.2 Å². The first-order valence-electron chi connectivity index (χ1n) is 7.99. The number of benzene rings is 1. The van der Waals surface area contributed by atoms with Crippen molar-refractivity contribution in [1.29, 1.82) is 0 Å². The molecule has 122 valence electrons. The molecule has 0 unspecified atom stereocenters. The Morgan fingerprint density at radius 1 is 1.14 bits per heavy atom. The Balaban J connectivity index is 2.03. The third-order valence-electron chi connectivity index (χ3n) is 5.70.